The summed E-state index contributed by atoms with van der Waals surface area (Å²) in [6, 6.07) is 12.3. The molecule has 0 unspecified atom stereocenters. The maximum atomic E-state index is 14.8. The van der Waals surface area contributed by atoms with Crippen molar-refractivity contribution in [3.8, 4) is 22.6 Å². The molecule has 2 aromatic heterocycles. The Morgan fingerprint density at radius 1 is 1.24 bits per heavy atom. The molecule has 4 aromatic rings. The molecule has 0 aliphatic heterocycles. The number of benzene rings is 2. The van der Waals surface area contributed by atoms with E-state index in [1.165, 1.54) is 17.4 Å². The van der Waals surface area contributed by atoms with Gasteiger partial charge in [-0.25, -0.2) is 0 Å². The van der Waals surface area contributed by atoms with Crippen LogP contribution in [-0.2, 0) is 16.0 Å². The fourth-order valence-electron chi connectivity index (χ4n) is 2.94. The SMILES string of the molecule is COCCOC[I-]N(Cc1ccc(-c2noc(=O)[nH]2)c(F)c1)c1nc(-c2ccc(Cl)cc2)cs1. The fourth-order valence-corrected chi connectivity index (χ4v) is 6.35. The summed E-state index contributed by atoms with van der Waals surface area (Å²) in [6.45, 7) is 1.50. The van der Waals surface area contributed by atoms with Crippen LogP contribution in [0.4, 0.5) is 9.52 Å². The van der Waals surface area contributed by atoms with Crippen LogP contribution < -0.4 is 30.3 Å². The number of hydrogen-bond acceptors (Lipinski definition) is 8. The van der Waals surface area contributed by atoms with Gasteiger partial charge in [0, 0.05) is 0 Å². The van der Waals surface area contributed by atoms with E-state index in [0.29, 0.717) is 29.4 Å². The summed E-state index contributed by atoms with van der Waals surface area (Å²) < 4.78 is 32.7. The van der Waals surface area contributed by atoms with Crippen LogP contribution in [0.15, 0.2) is 57.2 Å². The Morgan fingerprint density at radius 3 is 2.76 bits per heavy atom. The van der Waals surface area contributed by atoms with Crippen molar-refractivity contribution < 1.29 is 39.9 Å². The van der Waals surface area contributed by atoms with Crippen molar-refractivity contribution >= 4 is 28.1 Å². The molecular weight excluding hydrogens is 598 g/mol. The van der Waals surface area contributed by atoms with Crippen LogP contribution >= 0.6 is 22.9 Å². The third-order valence-electron chi connectivity index (χ3n) is 4.59. The molecule has 2 aromatic carbocycles. The first-order valence-corrected chi connectivity index (χ1v) is 13.8. The van der Waals surface area contributed by atoms with Gasteiger partial charge in [-0.2, -0.15) is 0 Å². The first-order valence-electron chi connectivity index (χ1n) is 10.0. The van der Waals surface area contributed by atoms with Crippen LogP contribution in [0.2, 0.25) is 5.02 Å². The summed E-state index contributed by atoms with van der Waals surface area (Å²) in [5.41, 5.74) is 2.74. The monoisotopic (exact) mass is 617 g/mol. The average Bonchev–Trinajstić information content (AvgIpc) is 3.48. The zero-order chi connectivity index (χ0) is 23.9. The molecule has 0 saturated carbocycles. The van der Waals surface area contributed by atoms with Crippen LogP contribution in [0.1, 0.15) is 5.56 Å². The van der Waals surface area contributed by atoms with Crippen LogP contribution in [0.25, 0.3) is 22.6 Å². The zero-order valence-corrected chi connectivity index (χ0v) is 21.7. The van der Waals surface area contributed by atoms with Crippen molar-refractivity contribution in [3.63, 3.8) is 0 Å². The predicted octanol–water partition coefficient (Wildman–Crippen LogP) is 1.58. The number of nitrogens with zero attached hydrogens (tertiary/aromatic N) is 3. The third-order valence-corrected chi connectivity index (χ3v) is 8.38. The van der Waals surface area contributed by atoms with Gasteiger partial charge >= 0.3 is 215 Å². The van der Waals surface area contributed by atoms with Crippen LogP contribution in [-0.4, -0.2) is 40.1 Å². The molecule has 0 fully saturated rings. The number of nitrogens with one attached hydrogen (secondary N) is 1. The van der Waals surface area contributed by atoms with Crippen LogP contribution in [0.5, 0.6) is 0 Å². The number of aromatic nitrogens is 3. The second-order valence-electron chi connectivity index (χ2n) is 6.93. The van der Waals surface area contributed by atoms with Gasteiger partial charge in [-0.05, 0) is 0 Å². The average molecular weight is 618 g/mol. The zero-order valence-electron chi connectivity index (χ0n) is 18.0. The molecule has 0 aliphatic rings. The summed E-state index contributed by atoms with van der Waals surface area (Å²) >= 11 is 6.93. The van der Waals surface area contributed by atoms with E-state index in [1.54, 1.807) is 19.2 Å². The summed E-state index contributed by atoms with van der Waals surface area (Å²) in [6.07, 6.45) is 0. The molecule has 8 nitrogen and oxygen atoms in total. The molecule has 0 aliphatic carbocycles. The van der Waals surface area contributed by atoms with Gasteiger partial charge in [0.15, 0.2) is 0 Å². The Hall–Kier alpha value is -2.32. The van der Waals surface area contributed by atoms with E-state index in [4.69, 9.17) is 26.1 Å². The van der Waals surface area contributed by atoms with E-state index in [9.17, 15) is 9.18 Å². The maximum absolute atomic E-state index is 14.8. The molecule has 0 saturated heterocycles. The normalized spacial score (nSPS) is 11.3. The Morgan fingerprint density at radius 2 is 2.06 bits per heavy atom. The van der Waals surface area contributed by atoms with Crippen molar-refractivity contribution in [1.82, 2.24) is 15.1 Å². The van der Waals surface area contributed by atoms with Crippen molar-refractivity contribution in [2.24, 2.45) is 0 Å². The quantitative estimate of drug-likeness (QED) is 0.118. The molecule has 0 bridgehead atoms. The molecule has 12 heteroatoms. The standard InChI is InChI=1S/C22H20ClFIN4O4S/c1-31-8-9-32-13-25-29(21-26-19(12-34-21)15-3-5-16(23)6-4-15)11-14-2-7-17(18(24)10-14)20-27-22(30)33-28-20/h2-7,10,12H,8-9,11,13H2,1H3,(H,27,28,30)/q-1. The molecule has 34 heavy (non-hydrogen) atoms. The number of methoxy groups -OCH3 is 1. The second kappa shape index (κ2) is 11.9. The third kappa shape index (κ3) is 6.42. The Bertz CT molecular complexity index is 1280. The Labute approximate surface area is 214 Å². The van der Waals surface area contributed by atoms with Crippen molar-refractivity contribution in [2.75, 3.05) is 28.1 Å². The van der Waals surface area contributed by atoms with Gasteiger partial charge in [-0.15, -0.1) is 0 Å². The second-order valence-corrected chi connectivity index (χ2v) is 10.7. The fraction of sp³-hybridized carbons (Fsp3) is 0.227. The van der Waals surface area contributed by atoms with E-state index < -0.39 is 33.1 Å². The van der Waals surface area contributed by atoms with E-state index in [-0.39, 0.29) is 11.4 Å². The number of halogens is 3. The van der Waals surface area contributed by atoms with Crippen molar-refractivity contribution in [2.45, 2.75) is 6.54 Å². The number of rotatable bonds is 11. The van der Waals surface area contributed by atoms with Gasteiger partial charge < -0.3 is 0 Å². The summed E-state index contributed by atoms with van der Waals surface area (Å²) in [4.78, 5) is 18.4. The minimum atomic E-state index is -0.733. The number of alkyl halides is 1. The van der Waals surface area contributed by atoms with Gasteiger partial charge in [0.1, 0.15) is 0 Å². The van der Waals surface area contributed by atoms with Gasteiger partial charge in [-0.3, -0.25) is 0 Å². The van der Waals surface area contributed by atoms with E-state index in [2.05, 4.69) is 17.8 Å². The molecule has 180 valence electrons. The number of aromatic amines is 1. The number of hydrogen-bond donors (Lipinski definition) is 1. The molecule has 0 amide bonds. The van der Waals surface area contributed by atoms with Crippen LogP contribution in [0, 0.1) is 5.82 Å². The van der Waals surface area contributed by atoms with Gasteiger partial charge in [0.2, 0.25) is 0 Å². The molecule has 2 heterocycles. The molecule has 0 atom stereocenters. The molecular formula is C22H20ClFIN4O4S-. The van der Waals surface area contributed by atoms with E-state index in [0.717, 1.165) is 22.0 Å². The molecule has 4 rings (SSSR count). The van der Waals surface area contributed by atoms with Gasteiger partial charge in [0.05, 0.1) is 0 Å². The number of thiazole rings is 1. The van der Waals surface area contributed by atoms with Crippen LogP contribution in [0.3, 0.4) is 0 Å². The Kier molecular flexibility index (Phi) is 8.67. The van der Waals surface area contributed by atoms with Crippen molar-refractivity contribution in [1.29, 1.82) is 0 Å². The topological polar surface area (TPSA) is 93.5 Å². The Balaban J connectivity index is 1.53. The molecule has 0 spiro atoms. The number of H-pyrrole nitrogens is 1. The summed E-state index contributed by atoms with van der Waals surface area (Å²) in [7, 11) is 1.63. The molecule has 0 radical (unpaired) electrons. The minimum absolute atomic E-state index is 0.0532. The number of ether oxygens (including phenoxy) is 2. The van der Waals surface area contributed by atoms with E-state index >= 15 is 0 Å². The van der Waals surface area contributed by atoms with Gasteiger partial charge in [-0.1, -0.05) is 0 Å². The summed E-state index contributed by atoms with van der Waals surface area (Å²) in [5.74, 6) is -1.18. The summed E-state index contributed by atoms with van der Waals surface area (Å²) in [5, 5.41) is 7.05. The van der Waals surface area contributed by atoms with Crippen molar-refractivity contribution in [3.05, 3.63) is 74.8 Å². The first-order chi connectivity index (χ1) is 16.5. The molecule has 1 N–H and O–H groups in total. The predicted molar refractivity (Wildman–Crippen MR) is 124 cm³/mol. The number of anilines is 1. The first kappa shape index (κ1) is 24.8. The van der Waals surface area contributed by atoms with Gasteiger partial charge in [0.25, 0.3) is 0 Å². The van der Waals surface area contributed by atoms with E-state index in [1.807, 2.05) is 29.6 Å².